The normalized spacial score (nSPS) is 20.7. The van der Waals surface area contributed by atoms with E-state index >= 15 is 0 Å². The van der Waals surface area contributed by atoms with Crippen molar-refractivity contribution in [3.8, 4) is 0 Å². The second kappa shape index (κ2) is 69.7. The van der Waals surface area contributed by atoms with E-state index in [1.165, 1.54) is 177 Å². The molecule has 8 aliphatic rings. The minimum Gasteiger partial charge on any atom is -0.381 e. The van der Waals surface area contributed by atoms with Crippen LogP contribution in [0.3, 0.4) is 0 Å². The van der Waals surface area contributed by atoms with E-state index in [0.717, 1.165) is 98.1 Å². The first-order valence-corrected chi connectivity index (χ1v) is 53.4. The smallest absolute Gasteiger partial charge is 0.0728 e. The molecule has 7 aliphatic heterocycles. The van der Waals surface area contributed by atoms with Crippen LogP contribution in [0, 0.1) is 126 Å². The molecular formula is C108H234N2O3S2. The highest BCUT2D eigenvalue weighted by Gasteiger charge is 2.51. The molecule has 7 heterocycles. The standard InChI is InChI=1S/C13H26S.C12H24S.C12H24.2C11H23N.3C11H22O.8C2H6/c1-11(2,3)13(12(4,5)6)8-7-9-14-10-13;1-10(2)12(11(3,4)5)6-8-13-9-7-12;1-10(2)12(11(3)4)8-6-5-7-9-12;1-9(2)11(10(3)4)6-5-7-12-8-11;1-9(2)11(10(3)4)7-5-6-8-12-11;1-9(2)11(10(3)4)5-7-12-8-6-11;1-9(2)11(10(3)4)6-5-7-12-8-11;1-9(2)11(10(3)4)7-5-6-8-12-11;8*1-2/h7-10H2,1-6H3;10H,6-9H2,1-5H3;10-11H,5-9H2,1-4H3;2*9-10,12H,5-8H2,1-4H3;3*9-10H,5-8H2,1-4H3;8*1-2H3. The predicted molar refractivity (Wildman–Crippen MR) is 542 cm³/mol. The third-order valence-electron chi connectivity index (χ3n) is 30.1. The highest BCUT2D eigenvalue weighted by molar-refractivity contribution is 7.99. The third kappa shape index (κ3) is 42.1. The molecule has 0 aromatic rings. The van der Waals surface area contributed by atoms with E-state index in [1.54, 1.807) is 0 Å². The molecule has 2 N–H and O–H groups in total. The van der Waals surface area contributed by atoms with Crippen LogP contribution in [-0.2, 0) is 14.2 Å². The molecule has 8 fully saturated rings. The first-order chi connectivity index (χ1) is 53.7. The molecule has 0 radical (unpaired) electrons. The molecule has 0 unspecified atom stereocenters. The second-order valence-corrected chi connectivity index (χ2v) is 43.3. The van der Waals surface area contributed by atoms with Gasteiger partial charge in [-0.25, -0.2) is 0 Å². The summed E-state index contributed by atoms with van der Waals surface area (Å²) in [5.74, 6) is 15.6. The maximum atomic E-state index is 5.99. The van der Waals surface area contributed by atoms with Gasteiger partial charge in [-0.1, -0.05) is 379 Å². The zero-order chi connectivity index (χ0) is 92.3. The van der Waals surface area contributed by atoms with Gasteiger partial charge in [0.2, 0.25) is 0 Å². The van der Waals surface area contributed by atoms with Crippen molar-refractivity contribution in [1.82, 2.24) is 10.6 Å². The van der Waals surface area contributed by atoms with E-state index in [9.17, 15) is 0 Å². The van der Waals surface area contributed by atoms with Crippen molar-refractivity contribution in [2.45, 2.75) is 499 Å². The Morgan fingerprint density at radius 3 is 0.852 bits per heavy atom. The van der Waals surface area contributed by atoms with Gasteiger partial charge in [0.05, 0.1) is 12.2 Å². The van der Waals surface area contributed by atoms with Crippen molar-refractivity contribution >= 4 is 23.5 Å². The van der Waals surface area contributed by atoms with E-state index in [0.29, 0.717) is 66.1 Å². The lowest BCUT2D eigenvalue weighted by atomic mass is 9.53. The highest BCUT2D eigenvalue weighted by atomic mass is 32.2. The van der Waals surface area contributed by atoms with Gasteiger partial charge in [-0.2, -0.15) is 23.5 Å². The van der Waals surface area contributed by atoms with Gasteiger partial charge in [0.1, 0.15) is 0 Å². The zero-order valence-electron chi connectivity index (χ0n) is 90.4. The summed E-state index contributed by atoms with van der Waals surface area (Å²) >= 11 is 4.29. The largest absolute Gasteiger partial charge is 0.381 e. The predicted octanol–water partition coefficient (Wildman–Crippen LogP) is 36.2. The Kier molecular flexibility index (Phi) is 79.4. The van der Waals surface area contributed by atoms with Crippen LogP contribution < -0.4 is 10.6 Å². The summed E-state index contributed by atoms with van der Waals surface area (Å²) in [6, 6.07) is 0. The van der Waals surface area contributed by atoms with Gasteiger partial charge in [-0.15, -0.1) is 0 Å². The van der Waals surface area contributed by atoms with Crippen molar-refractivity contribution in [2.24, 2.45) is 126 Å². The SMILES string of the molecule is CC.CC.CC.CC.CC.CC.CC.CC.CC(C)(C)C1(C(C)(C)C)CCCSC1.CC(C)C1(C(C)(C)C)CCSCC1.CC(C)C1(C(C)C)CCCCC1.CC(C)C1(C(C)C)CCCCN1.CC(C)C1(C(C)C)CCCCO1.CC(C)C1(C(C)C)CCCNC1.CC(C)C1(C(C)C)CCCOC1.CC(C)C1(C(C)C)CCOCC1. The van der Waals surface area contributed by atoms with Gasteiger partial charge in [0, 0.05) is 38.5 Å². The fourth-order valence-corrected chi connectivity index (χ4v) is 24.7. The highest BCUT2D eigenvalue weighted by Crippen LogP contribution is 2.59. The molecule has 1 aliphatic carbocycles. The van der Waals surface area contributed by atoms with Crippen LogP contribution in [-0.4, -0.2) is 86.8 Å². The minimum atomic E-state index is 0.179. The lowest BCUT2D eigenvalue weighted by molar-refractivity contribution is -0.137. The average Bonchev–Trinajstić information content (AvgIpc) is 0.753. The number of hydrogen-bond acceptors (Lipinski definition) is 7. The topological polar surface area (TPSA) is 51.8 Å². The second-order valence-electron chi connectivity index (χ2n) is 41.0. The molecule has 7 saturated heterocycles. The number of rotatable bonds is 13. The fraction of sp³-hybridized carbons (Fsp3) is 1.00. The Morgan fingerprint density at radius 1 is 0.270 bits per heavy atom. The van der Waals surface area contributed by atoms with Crippen molar-refractivity contribution in [3.05, 3.63) is 0 Å². The van der Waals surface area contributed by atoms with Gasteiger partial charge in [-0.3, -0.25) is 0 Å². The van der Waals surface area contributed by atoms with Gasteiger partial charge >= 0.3 is 0 Å². The van der Waals surface area contributed by atoms with E-state index in [4.69, 9.17) is 14.2 Å². The monoisotopic (exact) mass is 1670 g/mol. The van der Waals surface area contributed by atoms with Gasteiger partial charge in [-0.05, 0) is 271 Å². The van der Waals surface area contributed by atoms with Crippen LogP contribution >= 0.6 is 23.5 Å². The molecule has 0 bridgehead atoms. The van der Waals surface area contributed by atoms with Crippen LogP contribution in [0.4, 0.5) is 0 Å². The number of hydrogen-bond donors (Lipinski definition) is 2. The van der Waals surface area contributed by atoms with E-state index in [1.807, 2.05) is 111 Å². The lowest BCUT2D eigenvalue weighted by Crippen LogP contribution is -2.56. The number of ether oxygens (including phenoxy) is 3. The van der Waals surface area contributed by atoms with Crippen LogP contribution in [0.2, 0.25) is 0 Å². The Balaban J connectivity index is -0.000000185. The molecule has 8 rings (SSSR count). The van der Waals surface area contributed by atoms with E-state index in [-0.39, 0.29) is 5.60 Å². The van der Waals surface area contributed by atoms with Gasteiger partial charge in [0.15, 0.2) is 0 Å². The van der Waals surface area contributed by atoms with Gasteiger partial charge in [0.25, 0.3) is 0 Å². The Bertz CT molecular complexity index is 1670. The van der Waals surface area contributed by atoms with Crippen LogP contribution in [0.25, 0.3) is 0 Å². The first kappa shape index (κ1) is 131. The Labute approximate surface area is 744 Å². The molecule has 0 atom stereocenters. The van der Waals surface area contributed by atoms with Crippen molar-refractivity contribution < 1.29 is 14.2 Å². The summed E-state index contributed by atoms with van der Waals surface area (Å²) in [4.78, 5) is 0. The number of thioether (sulfide) groups is 2. The molecule has 0 spiro atoms. The average molecular weight is 1670 g/mol. The van der Waals surface area contributed by atoms with Crippen molar-refractivity contribution in [1.29, 1.82) is 0 Å². The van der Waals surface area contributed by atoms with Crippen LogP contribution in [0.5, 0.6) is 0 Å². The summed E-state index contributed by atoms with van der Waals surface area (Å²) in [6.07, 6.45) is 28.9. The first-order valence-electron chi connectivity index (χ1n) is 51.1. The summed E-state index contributed by atoms with van der Waals surface area (Å²) < 4.78 is 17.0. The molecule has 0 aromatic carbocycles. The molecule has 5 nitrogen and oxygen atoms in total. The summed E-state index contributed by atoms with van der Waals surface area (Å²) in [7, 11) is 0. The number of piperidine rings is 2. The van der Waals surface area contributed by atoms with Crippen molar-refractivity contribution in [3.63, 3.8) is 0 Å². The molecule has 115 heavy (non-hydrogen) atoms. The molecular weight excluding hydrogens is 1440 g/mol. The Morgan fingerprint density at radius 2 is 0.643 bits per heavy atom. The zero-order valence-corrected chi connectivity index (χ0v) is 92.0. The summed E-state index contributed by atoms with van der Waals surface area (Å²) in [5, 5.41) is 7.27. The quantitative estimate of drug-likeness (QED) is 0.191. The van der Waals surface area contributed by atoms with E-state index in [2.05, 4.69) is 276 Å². The Hall–Kier alpha value is 0.500. The van der Waals surface area contributed by atoms with Gasteiger partial charge < -0.3 is 24.8 Å². The maximum Gasteiger partial charge on any atom is 0.0728 e. The summed E-state index contributed by atoms with van der Waals surface area (Å²) in [5.41, 5.74) is 5.31. The minimum absolute atomic E-state index is 0.179. The summed E-state index contributed by atoms with van der Waals surface area (Å²) in [6.45, 7) is 123. The number of nitrogens with one attached hydrogen (secondary N) is 2. The molecule has 706 valence electrons. The molecule has 1 saturated carbocycles. The fourth-order valence-electron chi connectivity index (χ4n) is 21.7. The molecule has 7 heteroatoms. The lowest BCUT2D eigenvalue weighted by Gasteiger charge is -2.55. The molecule has 0 aromatic heterocycles. The van der Waals surface area contributed by atoms with Crippen molar-refractivity contribution in [2.75, 3.05) is 75.7 Å². The van der Waals surface area contributed by atoms with Crippen LogP contribution in [0.15, 0.2) is 0 Å². The maximum absolute atomic E-state index is 5.99. The van der Waals surface area contributed by atoms with Crippen LogP contribution in [0.1, 0.15) is 488 Å². The third-order valence-corrected chi connectivity index (χ3v) is 32.3. The molecule has 0 amide bonds. The van der Waals surface area contributed by atoms with E-state index < -0.39 is 0 Å².